The van der Waals surface area contributed by atoms with Crippen LogP contribution in [0.1, 0.15) is 37.0 Å². The third-order valence-electron chi connectivity index (χ3n) is 3.78. The van der Waals surface area contributed by atoms with E-state index in [1.165, 1.54) is 7.11 Å². The standard InChI is InChI=1S/C15H21NO3S/c1-19-15(18)12-7-3-2-4-8-13(12)16-14(17)10-11-6-5-9-20-11/h5-6,9,12-13H,2-4,7-8,10H2,1H3,(H,16,17)/t12-,13-/m1/s1. The van der Waals surface area contributed by atoms with Crippen LogP contribution >= 0.6 is 11.3 Å². The summed E-state index contributed by atoms with van der Waals surface area (Å²) in [5.74, 6) is -0.406. The van der Waals surface area contributed by atoms with Crippen LogP contribution in [0.4, 0.5) is 0 Å². The van der Waals surface area contributed by atoms with Crippen molar-refractivity contribution in [2.24, 2.45) is 5.92 Å². The Morgan fingerprint density at radius 2 is 2.15 bits per heavy atom. The van der Waals surface area contributed by atoms with Crippen molar-refractivity contribution in [2.75, 3.05) is 7.11 Å². The van der Waals surface area contributed by atoms with Crippen LogP contribution in [0, 0.1) is 5.92 Å². The molecule has 1 aromatic heterocycles. The molecule has 1 aliphatic carbocycles. The number of nitrogens with one attached hydrogen (secondary N) is 1. The summed E-state index contributed by atoms with van der Waals surface area (Å²) >= 11 is 1.58. The van der Waals surface area contributed by atoms with Crippen LogP contribution in [0.3, 0.4) is 0 Å². The van der Waals surface area contributed by atoms with Crippen molar-refractivity contribution >= 4 is 23.2 Å². The Kier molecular flexibility index (Phi) is 5.59. The first kappa shape index (κ1) is 15.0. The van der Waals surface area contributed by atoms with Crippen LogP contribution in [0.15, 0.2) is 17.5 Å². The summed E-state index contributed by atoms with van der Waals surface area (Å²) < 4.78 is 4.87. The zero-order chi connectivity index (χ0) is 14.4. The van der Waals surface area contributed by atoms with Gasteiger partial charge >= 0.3 is 5.97 Å². The molecule has 20 heavy (non-hydrogen) atoms. The van der Waals surface area contributed by atoms with Crippen LogP contribution in [-0.4, -0.2) is 25.0 Å². The molecule has 1 N–H and O–H groups in total. The third kappa shape index (κ3) is 4.07. The lowest BCUT2D eigenvalue weighted by molar-refractivity contribution is -0.147. The molecule has 1 fully saturated rings. The van der Waals surface area contributed by atoms with E-state index < -0.39 is 0 Å². The van der Waals surface area contributed by atoms with Crippen molar-refractivity contribution in [1.29, 1.82) is 0 Å². The maximum Gasteiger partial charge on any atom is 0.310 e. The van der Waals surface area contributed by atoms with Crippen LogP contribution < -0.4 is 5.32 Å². The molecule has 0 saturated heterocycles. The fourth-order valence-corrected chi connectivity index (χ4v) is 3.45. The van der Waals surface area contributed by atoms with E-state index in [2.05, 4.69) is 5.32 Å². The first-order chi connectivity index (χ1) is 9.70. The lowest BCUT2D eigenvalue weighted by atomic mass is 9.94. The number of methoxy groups -OCH3 is 1. The van der Waals surface area contributed by atoms with Gasteiger partial charge in [0.15, 0.2) is 0 Å². The Bertz CT molecular complexity index is 444. The van der Waals surface area contributed by atoms with Crippen molar-refractivity contribution in [2.45, 2.75) is 44.6 Å². The number of esters is 1. The topological polar surface area (TPSA) is 55.4 Å². The molecule has 1 aliphatic rings. The lowest BCUT2D eigenvalue weighted by Crippen LogP contribution is -2.43. The fourth-order valence-electron chi connectivity index (χ4n) is 2.74. The van der Waals surface area contributed by atoms with Gasteiger partial charge in [-0.05, 0) is 24.3 Å². The molecule has 0 unspecified atom stereocenters. The fraction of sp³-hybridized carbons (Fsp3) is 0.600. The number of carbonyl (C=O) groups excluding carboxylic acids is 2. The number of carbonyl (C=O) groups is 2. The SMILES string of the molecule is COC(=O)[C@@H]1CCCCC[C@H]1NC(=O)Cc1cccs1. The molecule has 1 heterocycles. The summed E-state index contributed by atoms with van der Waals surface area (Å²) in [7, 11) is 1.41. The average molecular weight is 295 g/mol. The first-order valence-corrected chi connectivity index (χ1v) is 7.98. The summed E-state index contributed by atoms with van der Waals surface area (Å²) in [4.78, 5) is 25.0. The molecular weight excluding hydrogens is 274 g/mol. The Balaban J connectivity index is 1.96. The van der Waals surface area contributed by atoms with Crippen LogP contribution in [0.2, 0.25) is 0 Å². The summed E-state index contributed by atoms with van der Waals surface area (Å²) in [6.07, 6.45) is 5.24. The molecule has 5 heteroatoms. The molecule has 1 aromatic rings. The van der Waals surface area contributed by atoms with Crippen molar-refractivity contribution in [3.63, 3.8) is 0 Å². The van der Waals surface area contributed by atoms with Crippen LogP contribution in [0.5, 0.6) is 0 Å². The summed E-state index contributed by atoms with van der Waals surface area (Å²) in [6, 6.07) is 3.81. The molecule has 0 spiro atoms. The number of hydrogen-bond donors (Lipinski definition) is 1. The van der Waals surface area contributed by atoms with Gasteiger partial charge < -0.3 is 10.1 Å². The van der Waals surface area contributed by atoms with Crippen molar-refractivity contribution < 1.29 is 14.3 Å². The van der Waals surface area contributed by atoms with E-state index in [1.54, 1.807) is 11.3 Å². The monoisotopic (exact) mass is 295 g/mol. The highest BCUT2D eigenvalue weighted by Gasteiger charge is 2.31. The minimum atomic E-state index is -0.201. The van der Waals surface area contributed by atoms with Gasteiger partial charge in [-0.15, -0.1) is 11.3 Å². The average Bonchev–Trinajstić information content (AvgIpc) is 2.83. The largest absolute Gasteiger partial charge is 0.469 e. The van der Waals surface area contributed by atoms with Crippen LogP contribution in [-0.2, 0) is 20.7 Å². The Morgan fingerprint density at radius 3 is 2.85 bits per heavy atom. The second-order valence-corrected chi connectivity index (χ2v) is 6.23. The molecule has 4 nitrogen and oxygen atoms in total. The molecule has 0 radical (unpaired) electrons. The second-order valence-electron chi connectivity index (χ2n) is 5.20. The first-order valence-electron chi connectivity index (χ1n) is 7.10. The number of thiophene rings is 1. The molecule has 0 bridgehead atoms. The number of rotatable bonds is 4. The predicted molar refractivity (Wildman–Crippen MR) is 78.5 cm³/mol. The highest BCUT2D eigenvalue weighted by molar-refractivity contribution is 7.10. The second kappa shape index (κ2) is 7.43. The number of amides is 1. The molecule has 1 amide bonds. The van der Waals surface area contributed by atoms with Gasteiger partial charge in [0.2, 0.25) is 5.91 Å². The van der Waals surface area contributed by atoms with E-state index in [9.17, 15) is 9.59 Å². The molecule has 0 aromatic carbocycles. The van der Waals surface area contributed by atoms with E-state index in [4.69, 9.17) is 4.74 Å². The molecule has 2 atom stereocenters. The van der Waals surface area contributed by atoms with Gasteiger partial charge in [-0.3, -0.25) is 9.59 Å². The normalized spacial score (nSPS) is 22.9. The minimum Gasteiger partial charge on any atom is -0.469 e. The van der Waals surface area contributed by atoms with E-state index >= 15 is 0 Å². The van der Waals surface area contributed by atoms with Gasteiger partial charge in [0.1, 0.15) is 0 Å². The zero-order valence-corrected chi connectivity index (χ0v) is 12.6. The van der Waals surface area contributed by atoms with Crippen molar-refractivity contribution in [3.8, 4) is 0 Å². The van der Waals surface area contributed by atoms with Crippen molar-refractivity contribution in [1.82, 2.24) is 5.32 Å². The highest BCUT2D eigenvalue weighted by atomic mass is 32.1. The number of ether oxygens (including phenoxy) is 1. The smallest absolute Gasteiger partial charge is 0.310 e. The van der Waals surface area contributed by atoms with E-state index in [1.807, 2.05) is 17.5 Å². The van der Waals surface area contributed by atoms with Gasteiger partial charge in [-0.1, -0.05) is 25.3 Å². The summed E-state index contributed by atoms with van der Waals surface area (Å²) in [5, 5.41) is 4.99. The zero-order valence-electron chi connectivity index (χ0n) is 11.8. The molecule has 1 saturated carbocycles. The highest BCUT2D eigenvalue weighted by Crippen LogP contribution is 2.24. The maximum absolute atomic E-state index is 12.1. The van der Waals surface area contributed by atoms with E-state index in [0.717, 1.165) is 37.0 Å². The summed E-state index contributed by atoms with van der Waals surface area (Å²) in [5.41, 5.74) is 0. The van der Waals surface area contributed by atoms with E-state index in [0.29, 0.717) is 6.42 Å². The molecule has 0 aliphatic heterocycles. The van der Waals surface area contributed by atoms with Crippen LogP contribution in [0.25, 0.3) is 0 Å². The molecular formula is C15H21NO3S. The Morgan fingerprint density at radius 1 is 1.35 bits per heavy atom. The van der Waals surface area contributed by atoms with Gasteiger partial charge in [0.05, 0.1) is 19.4 Å². The van der Waals surface area contributed by atoms with Gasteiger partial charge in [-0.25, -0.2) is 0 Å². The quantitative estimate of drug-likeness (QED) is 0.686. The van der Waals surface area contributed by atoms with Gasteiger partial charge in [0, 0.05) is 10.9 Å². The van der Waals surface area contributed by atoms with Crippen molar-refractivity contribution in [3.05, 3.63) is 22.4 Å². The lowest BCUT2D eigenvalue weighted by Gasteiger charge is -2.24. The molecule has 2 rings (SSSR count). The molecule has 110 valence electrons. The number of hydrogen-bond acceptors (Lipinski definition) is 4. The Labute approximate surface area is 123 Å². The third-order valence-corrected chi connectivity index (χ3v) is 4.66. The Hall–Kier alpha value is -1.36. The summed E-state index contributed by atoms with van der Waals surface area (Å²) in [6.45, 7) is 0. The van der Waals surface area contributed by atoms with E-state index in [-0.39, 0.29) is 23.8 Å². The van der Waals surface area contributed by atoms with Gasteiger partial charge in [0.25, 0.3) is 0 Å². The minimum absolute atomic E-state index is 0.00625. The predicted octanol–water partition coefficient (Wildman–Crippen LogP) is 2.53. The van der Waals surface area contributed by atoms with Gasteiger partial charge in [-0.2, -0.15) is 0 Å². The maximum atomic E-state index is 12.1.